The van der Waals surface area contributed by atoms with Crippen LogP contribution in [-0.2, 0) is 29.2 Å². The van der Waals surface area contributed by atoms with E-state index in [0.29, 0.717) is 79.8 Å². The summed E-state index contributed by atoms with van der Waals surface area (Å²) in [5, 5.41) is 35.9. The molecule has 12 nitrogen and oxygen atoms in total. The fourth-order valence-corrected chi connectivity index (χ4v) is 16.5. The Kier molecular flexibility index (Phi) is 17.7. The van der Waals surface area contributed by atoms with Crippen LogP contribution in [0, 0.1) is 34.5 Å². The van der Waals surface area contributed by atoms with Crippen molar-refractivity contribution in [2.45, 2.75) is 173 Å². The number of aliphatic hydroxyl groups is 2. The Bertz CT molecular complexity index is 2770. The highest BCUT2D eigenvalue weighted by Gasteiger charge is 2.61. The summed E-state index contributed by atoms with van der Waals surface area (Å²) < 4.78 is 20.7. The summed E-state index contributed by atoms with van der Waals surface area (Å²) in [6.07, 6.45) is 24.1. The number of aromatic nitrogens is 4. The molecule has 0 radical (unpaired) electrons. The topological polar surface area (TPSA) is 144 Å². The molecule has 8 atom stereocenters. The van der Waals surface area contributed by atoms with Gasteiger partial charge in [-0.05, 0) is 173 Å². The fourth-order valence-electron chi connectivity index (χ4n) is 15.1. The van der Waals surface area contributed by atoms with Crippen molar-refractivity contribution < 1.29 is 29.2 Å². The third-order valence-corrected chi connectivity index (χ3v) is 20.9. The molecule has 0 bridgehead atoms. The predicted molar refractivity (Wildman–Crippen MR) is 302 cm³/mol. The molecule has 5 aromatic rings. The number of hydrogen-bond donors (Lipinski definition) is 3. The second-order valence-electron chi connectivity index (χ2n) is 23.9. The third-order valence-electron chi connectivity index (χ3n) is 19.2. The summed E-state index contributed by atoms with van der Waals surface area (Å²) in [4.78, 5) is 21.5. The number of amides is 1. The fraction of sp³-hybridized carbons (Fsp3) is 0.613. The van der Waals surface area contributed by atoms with E-state index in [2.05, 4.69) is 76.6 Å². The number of aliphatic hydroxyl groups excluding tert-OH is 1. The van der Waals surface area contributed by atoms with Crippen LogP contribution >= 0.6 is 22.9 Å². The van der Waals surface area contributed by atoms with Crippen molar-refractivity contribution in [3.05, 3.63) is 106 Å². The third kappa shape index (κ3) is 12.2. The van der Waals surface area contributed by atoms with Gasteiger partial charge in [-0.1, -0.05) is 98.0 Å². The number of carbonyl (C=O) groups is 1. The van der Waals surface area contributed by atoms with Crippen molar-refractivity contribution in [1.82, 2.24) is 30.2 Å². The molecule has 3 heterocycles. The summed E-state index contributed by atoms with van der Waals surface area (Å²) in [6, 6.07) is 20.9. The molecule has 0 spiro atoms. The van der Waals surface area contributed by atoms with Crippen molar-refractivity contribution in [3.63, 3.8) is 0 Å². The SMILES string of the molecule is CNC1CCC(N(Cc2cccc(-c3ccnc(OCCOCCn4cc(COCCCCCC[C@](C)(O)[C@H]5CC[C@H]6[C@@H]7CC=C8C[C@@H](O)CC[C@]8(C)[C@H]7CC[C@@]65C)nn4)c3)c2)C(=O)c2sc3ccccc3c2Cl)CC1. The van der Waals surface area contributed by atoms with E-state index in [9.17, 15) is 15.0 Å². The Morgan fingerprint density at radius 3 is 2.58 bits per heavy atom. The van der Waals surface area contributed by atoms with Crippen LogP contribution < -0.4 is 10.1 Å². The summed E-state index contributed by atoms with van der Waals surface area (Å²) in [5.74, 6) is 3.02. The maximum atomic E-state index is 14.4. The molecule has 10 rings (SSSR count). The highest BCUT2D eigenvalue weighted by Crippen LogP contribution is 2.68. The molecule has 3 N–H and O–H groups in total. The number of rotatable bonds is 23. The maximum Gasteiger partial charge on any atom is 0.266 e. The number of fused-ring (bicyclic) bond motifs is 6. The van der Waals surface area contributed by atoms with E-state index in [1.165, 1.54) is 36.2 Å². The first kappa shape index (κ1) is 55.1. The van der Waals surface area contributed by atoms with Crippen LogP contribution in [0.5, 0.6) is 5.88 Å². The number of hydrogen-bond acceptors (Lipinski definition) is 11. The van der Waals surface area contributed by atoms with Gasteiger partial charge in [0.1, 0.15) is 17.2 Å². The van der Waals surface area contributed by atoms with Gasteiger partial charge in [0, 0.05) is 47.6 Å². The molecule has 76 heavy (non-hydrogen) atoms. The van der Waals surface area contributed by atoms with E-state index in [-0.39, 0.29) is 28.9 Å². The molecule has 0 saturated heterocycles. The number of allylic oxidation sites excluding steroid dienone is 1. The van der Waals surface area contributed by atoms with Crippen LogP contribution in [0.2, 0.25) is 5.02 Å². The Morgan fingerprint density at radius 1 is 0.908 bits per heavy atom. The normalized spacial score (nSPS) is 28.0. The zero-order chi connectivity index (χ0) is 52.9. The average Bonchev–Trinajstić information content (AvgIpc) is 4.18. The zero-order valence-corrected chi connectivity index (χ0v) is 47.1. The smallest absolute Gasteiger partial charge is 0.266 e. The van der Waals surface area contributed by atoms with Gasteiger partial charge in [-0.2, -0.15) is 0 Å². The number of halogens is 1. The molecule has 0 unspecified atom stereocenters. The highest BCUT2D eigenvalue weighted by atomic mass is 35.5. The summed E-state index contributed by atoms with van der Waals surface area (Å²) in [6.45, 7) is 10.6. The molecular weight excluding hydrogens is 992 g/mol. The first-order valence-corrected chi connectivity index (χ1v) is 30.0. The van der Waals surface area contributed by atoms with Crippen LogP contribution in [0.4, 0.5) is 0 Å². The largest absolute Gasteiger partial charge is 0.475 e. The molecule has 5 aliphatic carbocycles. The van der Waals surface area contributed by atoms with Gasteiger partial charge >= 0.3 is 0 Å². The van der Waals surface area contributed by atoms with Gasteiger partial charge in [0.15, 0.2) is 0 Å². The monoisotopic (exact) mass is 1070 g/mol. The van der Waals surface area contributed by atoms with Crippen molar-refractivity contribution in [2.75, 3.05) is 33.5 Å². The number of benzene rings is 2. The Hall–Kier alpha value is -4.21. The Balaban J connectivity index is 0.611. The highest BCUT2D eigenvalue weighted by molar-refractivity contribution is 7.21. The van der Waals surface area contributed by atoms with Crippen LogP contribution in [0.25, 0.3) is 21.2 Å². The van der Waals surface area contributed by atoms with Crippen molar-refractivity contribution >= 4 is 38.9 Å². The number of nitrogens with one attached hydrogen (secondary N) is 1. The predicted octanol–water partition coefficient (Wildman–Crippen LogP) is 12.6. The Morgan fingerprint density at radius 2 is 1.74 bits per heavy atom. The van der Waals surface area contributed by atoms with E-state index >= 15 is 0 Å². The molecule has 410 valence electrons. The van der Waals surface area contributed by atoms with Gasteiger partial charge in [0.05, 0.1) is 49.3 Å². The lowest BCUT2D eigenvalue weighted by molar-refractivity contribution is -0.105. The first-order valence-electron chi connectivity index (χ1n) is 28.8. The summed E-state index contributed by atoms with van der Waals surface area (Å²) >= 11 is 8.36. The van der Waals surface area contributed by atoms with E-state index < -0.39 is 5.60 Å². The molecule has 14 heteroatoms. The zero-order valence-electron chi connectivity index (χ0n) is 45.6. The Labute approximate surface area is 460 Å². The van der Waals surface area contributed by atoms with E-state index in [4.69, 9.17) is 25.8 Å². The maximum absolute atomic E-state index is 14.4. The molecule has 2 aromatic carbocycles. The van der Waals surface area contributed by atoms with Gasteiger partial charge in [0.2, 0.25) is 5.88 Å². The lowest BCUT2D eigenvalue weighted by atomic mass is 9.46. The minimum absolute atomic E-state index is 0.00442. The van der Waals surface area contributed by atoms with Gasteiger partial charge in [-0.25, -0.2) is 9.67 Å². The second kappa shape index (κ2) is 24.4. The van der Waals surface area contributed by atoms with Gasteiger partial charge < -0.3 is 34.6 Å². The van der Waals surface area contributed by atoms with Gasteiger partial charge in [-0.3, -0.25) is 4.79 Å². The number of thiophene rings is 1. The minimum atomic E-state index is -0.633. The molecule has 3 aromatic heterocycles. The van der Waals surface area contributed by atoms with Gasteiger partial charge in [0.25, 0.3) is 5.91 Å². The standard InChI is InChI=1S/C62H83ClN6O6S/c1-60-28-24-49(70)38-45(60)16-21-50-52-22-23-55(61(52,2)29-25-53(50)60)62(3,72)27-9-5-6-10-32-74-41-47-40-68(67-66-47)31-33-73-34-35-75-56-37-44(26-30-65-56)43-13-11-12-42(36-43)39-69(48-19-17-46(64-4)18-20-48)59(71)58-57(63)51-14-7-8-15-54(51)76-58/h7-8,11-16,26,30,36-37,40,46,48-50,52-53,55,64,70,72H,5-6,9-10,17-25,27-29,31-35,38-39,41H2,1-4H3/t46?,48?,49-,50-,52-,53-,55-,60-,61-,62-/m0/s1. The quantitative estimate of drug-likeness (QED) is 0.0427. The lowest BCUT2D eigenvalue weighted by Crippen LogP contribution is -2.53. The van der Waals surface area contributed by atoms with Crippen LogP contribution in [0.15, 0.2) is 84.7 Å². The molecule has 1 amide bonds. The van der Waals surface area contributed by atoms with E-state index in [0.717, 1.165) is 134 Å². The van der Waals surface area contributed by atoms with E-state index in [1.807, 2.05) is 49.6 Å². The van der Waals surface area contributed by atoms with Crippen molar-refractivity contribution in [1.29, 1.82) is 0 Å². The minimum Gasteiger partial charge on any atom is -0.475 e. The first-order chi connectivity index (χ1) is 36.8. The van der Waals surface area contributed by atoms with Crippen LogP contribution in [0.1, 0.15) is 151 Å². The molecule has 4 fully saturated rings. The second-order valence-corrected chi connectivity index (χ2v) is 25.3. The van der Waals surface area contributed by atoms with Crippen LogP contribution in [0.3, 0.4) is 0 Å². The number of nitrogens with zero attached hydrogens (tertiary/aromatic N) is 5. The number of carbonyl (C=O) groups excluding carboxylic acids is 1. The summed E-state index contributed by atoms with van der Waals surface area (Å²) in [5.41, 5.74) is 5.24. The number of unbranched alkanes of at least 4 members (excludes halogenated alkanes) is 3. The average molecular weight is 1080 g/mol. The molecular formula is C62H83ClN6O6S. The summed E-state index contributed by atoms with van der Waals surface area (Å²) in [7, 11) is 2.02. The number of ether oxygens (including phenoxy) is 3. The molecule has 0 aliphatic heterocycles. The van der Waals surface area contributed by atoms with Crippen molar-refractivity contribution in [3.8, 4) is 17.0 Å². The molecule has 5 aliphatic rings. The van der Waals surface area contributed by atoms with Crippen molar-refractivity contribution in [2.24, 2.45) is 34.5 Å². The lowest BCUT2D eigenvalue weighted by Gasteiger charge is -2.59. The van der Waals surface area contributed by atoms with Gasteiger partial charge in [-0.15, -0.1) is 16.4 Å². The molecule has 4 saturated carbocycles. The van der Waals surface area contributed by atoms with Crippen LogP contribution in [-0.4, -0.2) is 98.3 Å². The van der Waals surface area contributed by atoms with E-state index in [1.54, 1.807) is 10.9 Å². The number of pyridine rings is 1.